The number of carbonyl (C=O) groups is 1. The van der Waals surface area contributed by atoms with Crippen LogP contribution < -0.4 is 15.2 Å². The molecule has 10 nitrogen and oxygen atoms in total. The van der Waals surface area contributed by atoms with Crippen molar-refractivity contribution < 1.29 is 19.7 Å². The Balaban J connectivity index is 1.32. The Morgan fingerprint density at radius 3 is 2.61 bits per heavy atom. The van der Waals surface area contributed by atoms with E-state index in [1.54, 1.807) is 55.2 Å². The van der Waals surface area contributed by atoms with Crippen LogP contribution in [0.5, 0.6) is 5.75 Å². The van der Waals surface area contributed by atoms with E-state index in [0.717, 1.165) is 5.56 Å². The van der Waals surface area contributed by atoms with Gasteiger partial charge in [0.15, 0.2) is 11.4 Å². The van der Waals surface area contributed by atoms with Crippen molar-refractivity contribution in [1.82, 2.24) is 19.6 Å². The van der Waals surface area contributed by atoms with Gasteiger partial charge in [0.05, 0.1) is 31.0 Å². The number of ether oxygens (including phenoxy) is 1. The van der Waals surface area contributed by atoms with Gasteiger partial charge in [-0.15, -0.1) is 5.10 Å². The summed E-state index contributed by atoms with van der Waals surface area (Å²) in [5.41, 5.74) is 1.06. The number of aliphatic hydroxyl groups is 2. The number of amides is 1. The fourth-order valence-electron chi connectivity index (χ4n) is 5.31. The molecule has 212 valence electrons. The number of benzene rings is 2. The van der Waals surface area contributed by atoms with Crippen LogP contribution in [0.1, 0.15) is 36.1 Å². The molecular formula is C31H33N5O5. The lowest BCUT2D eigenvalue weighted by Crippen LogP contribution is -2.43. The van der Waals surface area contributed by atoms with E-state index in [1.807, 2.05) is 48.7 Å². The number of aryl methyl sites for hydroxylation is 1. The summed E-state index contributed by atoms with van der Waals surface area (Å²) in [6.45, 7) is 2.26. The highest BCUT2D eigenvalue weighted by Gasteiger charge is 2.51. The molecule has 0 spiro atoms. The van der Waals surface area contributed by atoms with Crippen LogP contribution in [-0.4, -0.2) is 56.4 Å². The van der Waals surface area contributed by atoms with Crippen molar-refractivity contribution in [3.8, 4) is 11.4 Å². The minimum absolute atomic E-state index is 0.0726. The number of carbonyl (C=O) groups excluding carboxylic acids is 1. The van der Waals surface area contributed by atoms with Gasteiger partial charge in [-0.1, -0.05) is 54.6 Å². The summed E-state index contributed by atoms with van der Waals surface area (Å²) < 4.78 is 8.30. The zero-order valence-corrected chi connectivity index (χ0v) is 23.2. The van der Waals surface area contributed by atoms with Crippen molar-refractivity contribution >= 4 is 11.6 Å². The molecule has 4 aromatic rings. The van der Waals surface area contributed by atoms with Crippen LogP contribution in [0.3, 0.4) is 0 Å². The van der Waals surface area contributed by atoms with E-state index in [-0.39, 0.29) is 23.8 Å². The smallest absolute Gasteiger partial charge is 0.297 e. The van der Waals surface area contributed by atoms with Crippen molar-refractivity contribution in [3.63, 3.8) is 0 Å². The Labute approximate surface area is 237 Å². The molecule has 1 unspecified atom stereocenters. The second kappa shape index (κ2) is 11.5. The van der Waals surface area contributed by atoms with Crippen LogP contribution in [0.25, 0.3) is 5.69 Å². The number of allylic oxidation sites excluding steroid dienone is 1. The third-order valence-corrected chi connectivity index (χ3v) is 7.70. The largest absolute Gasteiger partial charge is 0.491 e. The summed E-state index contributed by atoms with van der Waals surface area (Å²) in [7, 11) is 3.06. The van der Waals surface area contributed by atoms with E-state index < -0.39 is 17.4 Å². The molecule has 0 fully saturated rings. The molecule has 1 aliphatic heterocycles. The topological polar surface area (TPSA) is 123 Å². The first-order valence-corrected chi connectivity index (χ1v) is 13.4. The van der Waals surface area contributed by atoms with Gasteiger partial charge in [-0.2, -0.15) is 0 Å². The van der Waals surface area contributed by atoms with Crippen molar-refractivity contribution in [3.05, 3.63) is 112 Å². The summed E-state index contributed by atoms with van der Waals surface area (Å²) >= 11 is 0. The van der Waals surface area contributed by atoms with Gasteiger partial charge in [-0.05, 0) is 42.3 Å². The first-order chi connectivity index (χ1) is 19.8. The Bertz CT molecular complexity index is 1630. The lowest BCUT2D eigenvalue weighted by Gasteiger charge is -2.27. The van der Waals surface area contributed by atoms with Gasteiger partial charge in [0.2, 0.25) is 0 Å². The van der Waals surface area contributed by atoms with E-state index in [1.165, 1.54) is 16.6 Å². The Hall–Kier alpha value is -4.54. The Morgan fingerprint density at radius 1 is 1.10 bits per heavy atom. The van der Waals surface area contributed by atoms with Crippen LogP contribution in [0, 0.1) is 5.92 Å². The number of hydrogen-bond donors (Lipinski definition) is 2. The van der Waals surface area contributed by atoms with Gasteiger partial charge in [0, 0.05) is 43.2 Å². The highest BCUT2D eigenvalue weighted by Crippen LogP contribution is 2.45. The molecule has 0 aliphatic carbocycles. The van der Waals surface area contributed by atoms with Gasteiger partial charge in [-0.3, -0.25) is 18.8 Å². The van der Waals surface area contributed by atoms with Crippen molar-refractivity contribution in [2.75, 3.05) is 25.7 Å². The van der Waals surface area contributed by atoms with Crippen LogP contribution in [-0.2, 0) is 16.9 Å². The first-order valence-electron chi connectivity index (χ1n) is 13.4. The number of rotatable bonds is 10. The average molecular weight is 556 g/mol. The predicted octanol–water partition coefficient (Wildman–Crippen LogP) is 3.01. The molecule has 0 saturated carbocycles. The van der Waals surface area contributed by atoms with Crippen LogP contribution in [0.2, 0.25) is 0 Å². The molecule has 5 rings (SSSR count). The van der Waals surface area contributed by atoms with Crippen molar-refractivity contribution in [2.24, 2.45) is 5.92 Å². The summed E-state index contributed by atoms with van der Waals surface area (Å²) in [6.07, 6.45) is 7.77. The molecule has 3 heterocycles. The number of likely N-dealkylation sites (N-methyl/N-ethyl adjacent to an activating group) is 1. The number of nitrogens with zero attached hydrogens (tertiary/aromatic N) is 5. The molecule has 0 bridgehead atoms. The number of hydrogen-bond acceptors (Lipinski definition) is 7. The highest BCUT2D eigenvalue weighted by molar-refractivity contribution is 6.07. The lowest BCUT2D eigenvalue weighted by atomic mass is 9.82. The maximum absolute atomic E-state index is 13.3. The molecule has 1 amide bonds. The normalized spacial score (nSPS) is 18.1. The van der Waals surface area contributed by atoms with Gasteiger partial charge in [0.1, 0.15) is 0 Å². The summed E-state index contributed by atoms with van der Waals surface area (Å²) in [5.74, 6) is -1.05. The Morgan fingerprint density at radius 2 is 1.88 bits per heavy atom. The molecule has 2 N–H and O–H groups in total. The number of pyridine rings is 1. The van der Waals surface area contributed by atoms with E-state index >= 15 is 0 Å². The monoisotopic (exact) mass is 555 g/mol. The van der Waals surface area contributed by atoms with Crippen molar-refractivity contribution in [2.45, 2.75) is 31.4 Å². The van der Waals surface area contributed by atoms with Gasteiger partial charge in [-0.25, -0.2) is 0 Å². The van der Waals surface area contributed by atoms with E-state index in [9.17, 15) is 19.8 Å². The van der Waals surface area contributed by atoms with E-state index in [2.05, 4.69) is 10.3 Å². The third kappa shape index (κ3) is 5.07. The molecule has 10 heteroatoms. The fraction of sp³-hybridized carbons (Fsp3) is 0.290. The molecule has 3 atom stereocenters. The van der Waals surface area contributed by atoms with Gasteiger partial charge >= 0.3 is 0 Å². The molecule has 0 radical (unpaired) electrons. The van der Waals surface area contributed by atoms with E-state index in [4.69, 9.17) is 4.74 Å². The SMILES string of the molecule is COc1cccn(-c2ccc3c(c2)[C@](O)([C@@H](C)/C=C/CCn2cc(C(CO)c4ccccc4)nn2)C(=O)N3C)c1=O. The van der Waals surface area contributed by atoms with Gasteiger partial charge < -0.3 is 19.8 Å². The van der Waals surface area contributed by atoms with Gasteiger partial charge in [0.25, 0.3) is 11.5 Å². The zero-order valence-electron chi connectivity index (χ0n) is 23.2. The molecular weight excluding hydrogens is 522 g/mol. The molecule has 2 aromatic heterocycles. The lowest BCUT2D eigenvalue weighted by molar-refractivity contribution is -0.139. The number of anilines is 1. The maximum Gasteiger partial charge on any atom is 0.297 e. The van der Waals surface area contributed by atoms with Crippen LogP contribution in [0.15, 0.2) is 90.0 Å². The van der Waals surface area contributed by atoms with Crippen LogP contribution >= 0.6 is 0 Å². The van der Waals surface area contributed by atoms with Crippen molar-refractivity contribution in [1.29, 1.82) is 0 Å². The molecule has 2 aromatic carbocycles. The summed E-state index contributed by atoms with van der Waals surface area (Å²) in [6, 6.07) is 18.1. The highest BCUT2D eigenvalue weighted by atomic mass is 16.5. The number of methoxy groups -OCH3 is 1. The molecule has 1 aliphatic rings. The average Bonchev–Trinajstić information content (AvgIpc) is 3.54. The minimum Gasteiger partial charge on any atom is -0.491 e. The summed E-state index contributed by atoms with van der Waals surface area (Å²) in [5, 5.41) is 30.2. The fourth-order valence-corrected chi connectivity index (χ4v) is 5.31. The standard InChI is InChI=1S/C31H33N5O5/c1-21(10-7-8-16-35-19-26(32-33-35)24(20-37)22-11-5-4-6-12-22)31(40)25-18-23(14-15-27(25)34(2)30(31)39)36-17-9-13-28(41-3)29(36)38/h4-7,9-15,17-19,21,24,37,40H,8,16,20H2,1-3H3/b10-7+/t21-,24?,31+/m0/s1. The number of fused-ring (bicyclic) bond motifs is 1. The molecule has 41 heavy (non-hydrogen) atoms. The maximum atomic E-state index is 13.3. The molecule has 0 saturated heterocycles. The second-order valence-electron chi connectivity index (χ2n) is 10.1. The minimum atomic E-state index is -1.80. The predicted molar refractivity (Wildman–Crippen MR) is 154 cm³/mol. The second-order valence-corrected chi connectivity index (χ2v) is 10.1. The van der Waals surface area contributed by atoms with Crippen LogP contribution in [0.4, 0.5) is 5.69 Å². The third-order valence-electron chi connectivity index (χ3n) is 7.70. The number of aromatic nitrogens is 4. The first kappa shape index (κ1) is 28.0. The quantitative estimate of drug-likeness (QED) is 0.289. The summed E-state index contributed by atoms with van der Waals surface area (Å²) in [4.78, 5) is 27.6. The Kier molecular flexibility index (Phi) is 7.87. The zero-order chi connectivity index (χ0) is 29.1. The van der Waals surface area contributed by atoms with E-state index in [0.29, 0.717) is 35.6 Å². The number of aliphatic hydroxyl groups excluding tert-OH is 1.